The zero-order chi connectivity index (χ0) is 20.9. The summed E-state index contributed by atoms with van der Waals surface area (Å²) in [6.45, 7) is 5.00. The molecule has 1 aromatic heterocycles. The van der Waals surface area contributed by atoms with Gasteiger partial charge in [0.25, 0.3) is 5.91 Å². The number of aromatic nitrogens is 2. The molecule has 29 heavy (non-hydrogen) atoms. The van der Waals surface area contributed by atoms with Crippen molar-refractivity contribution in [3.63, 3.8) is 0 Å². The SMILES string of the molecule is Cc1cc(N2CCOCC2)nc(NCCNC(=O)c2ccccc2C(F)(F)F)n1. The Kier molecular flexibility index (Phi) is 6.53. The van der Waals surface area contributed by atoms with Gasteiger partial charge < -0.3 is 20.3 Å². The Morgan fingerprint density at radius 2 is 1.90 bits per heavy atom. The lowest BCUT2D eigenvalue weighted by molar-refractivity contribution is -0.137. The summed E-state index contributed by atoms with van der Waals surface area (Å²) < 4.78 is 44.4. The molecule has 0 radical (unpaired) electrons. The number of benzene rings is 1. The number of amides is 1. The molecule has 0 bridgehead atoms. The number of anilines is 2. The number of alkyl halides is 3. The average molecular weight is 409 g/mol. The Balaban J connectivity index is 1.56. The van der Waals surface area contributed by atoms with Crippen LogP contribution < -0.4 is 15.5 Å². The molecule has 1 saturated heterocycles. The molecule has 0 unspecified atom stereocenters. The molecule has 10 heteroatoms. The highest BCUT2D eigenvalue weighted by atomic mass is 19.4. The number of carbonyl (C=O) groups is 1. The quantitative estimate of drug-likeness (QED) is 0.714. The van der Waals surface area contributed by atoms with E-state index in [2.05, 4.69) is 25.5 Å². The first-order valence-corrected chi connectivity index (χ1v) is 9.21. The van der Waals surface area contributed by atoms with Gasteiger partial charge in [0, 0.05) is 37.9 Å². The van der Waals surface area contributed by atoms with E-state index in [1.54, 1.807) is 0 Å². The maximum atomic E-state index is 13.0. The second-order valence-corrected chi connectivity index (χ2v) is 6.52. The fraction of sp³-hybridized carbons (Fsp3) is 0.421. The van der Waals surface area contributed by atoms with E-state index in [4.69, 9.17) is 4.74 Å². The Morgan fingerprint density at radius 1 is 1.17 bits per heavy atom. The van der Waals surface area contributed by atoms with Crippen molar-refractivity contribution in [1.29, 1.82) is 0 Å². The zero-order valence-corrected chi connectivity index (χ0v) is 15.9. The topological polar surface area (TPSA) is 79.4 Å². The van der Waals surface area contributed by atoms with Gasteiger partial charge in [-0.15, -0.1) is 0 Å². The molecule has 0 atom stereocenters. The van der Waals surface area contributed by atoms with Gasteiger partial charge in [0.2, 0.25) is 5.95 Å². The van der Waals surface area contributed by atoms with Gasteiger partial charge >= 0.3 is 6.18 Å². The van der Waals surface area contributed by atoms with Crippen molar-refractivity contribution in [1.82, 2.24) is 15.3 Å². The highest BCUT2D eigenvalue weighted by Crippen LogP contribution is 2.31. The van der Waals surface area contributed by atoms with E-state index >= 15 is 0 Å². The van der Waals surface area contributed by atoms with Crippen molar-refractivity contribution in [3.05, 3.63) is 47.2 Å². The third-order valence-corrected chi connectivity index (χ3v) is 4.35. The second-order valence-electron chi connectivity index (χ2n) is 6.52. The highest BCUT2D eigenvalue weighted by Gasteiger charge is 2.34. The van der Waals surface area contributed by atoms with Gasteiger partial charge in [-0.3, -0.25) is 4.79 Å². The number of nitrogens with one attached hydrogen (secondary N) is 2. The van der Waals surface area contributed by atoms with Crippen LogP contribution in [0, 0.1) is 6.92 Å². The molecule has 1 amide bonds. The fourth-order valence-electron chi connectivity index (χ4n) is 2.96. The van der Waals surface area contributed by atoms with E-state index in [0.29, 0.717) is 19.2 Å². The number of nitrogens with zero attached hydrogens (tertiary/aromatic N) is 3. The Morgan fingerprint density at radius 3 is 2.62 bits per heavy atom. The Bertz CT molecular complexity index is 854. The molecule has 1 aliphatic rings. The van der Waals surface area contributed by atoms with Crippen LogP contribution >= 0.6 is 0 Å². The first-order chi connectivity index (χ1) is 13.8. The summed E-state index contributed by atoms with van der Waals surface area (Å²) in [5, 5.41) is 5.49. The number of hydrogen-bond donors (Lipinski definition) is 2. The third kappa shape index (κ3) is 5.57. The van der Waals surface area contributed by atoms with Gasteiger partial charge in [0.05, 0.1) is 24.3 Å². The standard InChI is InChI=1S/C19H22F3N5O2/c1-13-12-16(27-8-10-29-11-9-27)26-18(25-13)24-7-6-23-17(28)14-4-2-3-5-15(14)19(20,21)22/h2-5,12H,6-11H2,1H3,(H,23,28)(H,24,25,26). The summed E-state index contributed by atoms with van der Waals surface area (Å²) in [5.74, 6) is 0.404. The van der Waals surface area contributed by atoms with Gasteiger partial charge in [-0.1, -0.05) is 12.1 Å². The number of morpholine rings is 1. The van der Waals surface area contributed by atoms with E-state index in [1.807, 2.05) is 13.0 Å². The lowest BCUT2D eigenvalue weighted by Gasteiger charge is -2.28. The van der Waals surface area contributed by atoms with Crippen molar-refractivity contribution < 1.29 is 22.7 Å². The van der Waals surface area contributed by atoms with Gasteiger partial charge in [0.1, 0.15) is 5.82 Å². The predicted molar refractivity (Wildman–Crippen MR) is 102 cm³/mol. The van der Waals surface area contributed by atoms with Crippen LogP contribution in [-0.2, 0) is 10.9 Å². The maximum Gasteiger partial charge on any atom is 0.417 e. The monoisotopic (exact) mass is 409 g/mol. The zero-order valence-electron chi connectivity index (χ0n) is 15.9. The molecule has 3 rings (SSSR count). The van der Waals surface area contributed by atoms with E-state index in [1.165, 1.54) is 12.1 Å². The third-order valence-electron chi connectivity index (χ3n) is 4.35. The molecule has 0 spiro atoms. The van der Waals surface area contributed by atoms with Crippen LogP contribution in [0.1, 0.15) is 21.6 Å². The van der Waals surface area contributed by atoms with Gasteiger partial charge in [-0.25, -0.2) is 4.98 Å². The summed E-state index contributed by atoms with van der Waals surface area (Å²) >= 11 is 0. The lowest BCUT2D eigenvalue weighted by atomic mass is 10.1. The first-order valence-electron chi connectivity index (χ1n) is 9.21. The van der Waals surface area contributed by atoms with E-state index in [-0.39, 0.29) is 13.1 Å². The number of rotatable bonds is 6. The fourth-order valence-corrected chi connectivity index (χ4v) is 2.96. The highest BCUT2D eigenvalue weighted by molar-refractivity contribution is 5.95. The van der Waals surface area contributed by atoms with Gasteiger partial charge in [-0.05, 0) is 19.1 Å². The molecule has 2 heterocycles. The van der Waals surface area contributed by atoms with Crippen molar-refractivity contribution >= 4 is 17.7 Å². The molecular formula is C19H22F3N5O2. The number of halogens is 3. The van der Waals surface area contributed by atoms with Gasteiger partial charge in [0.15, 0.2) is 0 Å². The number of carbonyl (C=O) groups excluding carboxylic acids is 1. The molecular weight excluding hydrogens is 387 g/mol. The minimum absolute atomic E-state index is 0.120. The molecule has 156 valence electrons. The summed E-state index contributed by atoms with van der Waals surface area (Å²) in [4.78, 5) is 23.0. The number of aryl methyl sites for hydroxylation is 1. The minimum atomic E-state index is -4.59. The molecule has 1 aliphatic heterocycles. The molecule has 2 aromatic rings. The molecule has 0 saturated carbocycles. The largest absolute Gasteiger partial charge is 0.417 e. The van der Waals surface area contributed by atoms with Crippen LogP contribution in [0.15, 0.2) is 30.3 Å². The van der Waals surface area contributed by atoms with E-state index in [9.17, 15) is 18.0 Å². The van der Waals surface area contributed by atoms with Crippen LogP contribution in [-0.4, -0.2) is 55.3 Å². The summed E-state index contributed by atoms with van der Waals surface area (Å²) in [5.41, 5.74) is -0.573. The van der Waals surface area contributed by atoms with Crippen molar-refractivity contribution in [2.45, 2.75) is 13.1 Å². The predicted octanol–water partition coefficient (Wildman–Crippen LogP) is 2.48. The second kappa shape index (κ2) is 9.08. The molecule has 0 aliphatic carbocycles. The molecule has 7 nitrogen and oxygen atoms in total. The Hall–Kier alpha value is -2.88. The summed E-state index contributed by atoms with van der Waals surface area (Å²) in [6.07, 6.45) is -4.59. The van der Waals surface area contributed by atoms with Crippen LogP contribution in [0.4, 0.5) is 24.9 Å². The van der Waals surface area contributed by atoms with E-state index in [0.717, 1.165) is 36.7 Å². The molecule has 1 aromatic carbocycles. The van der Waals surface area contributed by atoms with Crippen molar-refractivity contribution in [2.75, 3.05) is 49.6 Å². The van der Waals surface area contributed by atoms with Crippen LogP contribution in [0.25, 0.3) is 0 Å². The first kappa shape index (κ1) is 20.8. The van der Waals surface area contributed by atoms with Gasteiger partial charge in [-0.2, -0.15) is 18.2 Å². The van der Waals surface area contributed by atoms with Crippen LogP contribution in [0.3, 0.4) is 0 Å². The van der Waals surface area contributed by atoms with E-state index < -0.39 is 23.2 Å². The average Bonchev–Trinajstić information content (AvgIpc) is 2.71. The van der Waals surface area contributed by atoms with Crippen LogP contribution in [0.2, 0.25) is 0 Å². The van der Waals surface area contributed by atoms with Crippen LogP contribution in [0.5, 0.6) is 0 Å². The normalized spacial score (nSPS) is 14.6. The lowest BCUT2D eigenvalue weighted by Crippen LogP contribution is -2.37. The molecule has 2 N–H and O–H groups in total. The smallest absolute Gasteiger partial charge is 0.378 e. The maximum absolute atomic E-state index is 13.0. The molecule has 1 fully saturated rings. The summed E-state index contributed by atoms with van der Waals surface area (Å²) in [6, 6.07) is 6.58. The number of hydrogen-bond acceptors (Lipinski definition) is 6. The Labute approximate surface area is 166 Å². The van der Waals surface area contributed by atoms with Crippen molar-refractivity contribution in [3.8, 4) is 0 Å². The minimum Gasteiger partial charge on any atom is -0.378 e. The van der Waals surface area contributed by atoms with Crippen molar-refractivity contribution in [2.24, 2.45) is 0 Å². The summed E-state index contributed by atoms with van der Waals surface area (Å²) in [7, 11) is 0. The number of ether oxygens (including phenoxy) is 1.